The highest BCUT2D eigenvalue weighted by atomic mass is 15.0. The summed E-state index contributed by atoms with van der Waals surface area (Å²) in [5.74, 6) is 0.209. The topological polar surface area (TPSA) is 30.7 Å². The first-order chi connectivity index (χ1) is 31.6. The molecule has 2 aliphatic rings. The lowest BCUT2D eigenvalue weighted by molar-refractivity contribution is 0.853. The van der Waals surface area contributed by atoms with Crippen molar-refractivity contribution in [3.05, 3.63) is 277 Å². The third-order valence-corrected chi connectivity index (χ3v) is 10.2. The van der Waals surface area contributed by atoms with Crippen molar-refractivity contribution in [2.24, 2.45) is 5.92 Å². The molecule has 3 heterocycles. The van der Waals surface area contributed by atoms with Gasteiger partial charge in [0.1, 0.15) is 0 Å². The van der Waals surface area contributed by atoms with Crippen LogP contribution in [0.1, 0.15) is 81.1 Å². The molecule has 0 fully saturated rings. The van der Waals surface area contributed by atoms with Crippen LogP contribution in [0.3, 0.4) is 0 Å². The van der Waals surface area contributed by atoms with Crippen LogP contribution >= 0.6 is 0 Å². The molecule has 7 rings (SSSR count). The molecule has 3 aromatic heterocycles. The quantitative estimate of drug-likeness (QED) is 0.0873. The third kappa shape index (κ3) is 16.5. The van der Waals surface area contributed by atoms with Crippen molar-refractivity contribution in [2.75, 3.05) is 0 Å². The van der Waals surface area contributed by atoms with Crippen molar-refractivity contribution in [3.63, 3.8) is 0 Å². The van der Waals surface area contributed by atoms with E-state index in [2.05, 4.69) is 175 Å². The number of hydrogen-bond acceptors (Lipinski definition) is 2. The molecule has 0 amide bonds. The molecule has 326 valence electrons. The number of aromatic nitrogens is 3. The van der Waals surface area contributed by atoms with Crippen LogP contribution in [0.5, 0.6) is 0 Å². The van der Waals surface area contributed by atoms with Gasteiger partial charge in [-0.2, -0.15) is 0 Å². The first kappa shape index (κ1) is 51.1. The summed E-state index contributed by atoms with van der Waals surface area (Å²) < 4.78 is 2.44. The zero-order valence-corrected chi connectivity index (χ0v) is 38.7. The molecule has 3 heteroatoms. The fraction of sp³-hybridized carbons (Fsp3) is 0.180. The molecular formula is C61H67N3. The summed E-state index contributed by atoms with van der Waals surface area (Å²) in [7, 11) is 0. The first-order valence-corrected chi connectivity index (χ1v) is 22.3. The van der Waals surface area contributed by atoms with Crippen LogP contribution in [0, 0.1) is 18.8 Å². The van der Waals surface area contributed by atoms with Crippen LogP contribution in [0.2, 0.25) is 0 Å². The van der Waals surface area contributed by atoms with Crippen LogP contribution in [-0.4, -0.2) is 14.5 Å². The van der Waals surface area contributed by atoms with E-state index in [0.717, 1.165) is 32.1 Å². The Kier molecular flexibility index (Phi) is 24.5. The Balaban J connectivity index is 0.000000591. The van der Waals surface area contributed by atoms with E-state index < -0.39 is 0 Å². The molecule has 2 aromatic carbocycles. The molecule has 1 unspecified atom stereocenters. The SMILES string of the molecule is C#C.C=C/C=C\C.C=C/C=C\C=C/C.CC.CCC1=CC(c2ccccc2)=C(Cc2ccccc2)C=CC1C1=CCC=C(n2c(Cc3cccnc3)ccc2Cc2cccnc2)C=C1. The number of nitrogens with zero attached hydrogens (tertiary/aromatic N) is 3. The second-order valence-corrected chi connectivity index (χ2v) is 14.4. The fourth-order valence-corrected chi connectivity index (χ4v) is 7.27. The standard InChI is InChI=1S/C45H41N3.C7H10.C5H8.C2H6.C2H2/c1-2-37-31-45(38-16-7-4-8-17-38)40(28-34-12-5-3-6-13-34)21-25-44(37)39-18-9-19-41(22-20-39)48-42(29-35-14-10-26-46-32-35)23-24-43(48)30-36-15-11-27-47-33-36;1-3-5-7-6-4-2;1-3-5-4-2;2*1-2/h3-8,10-27,31-33,44H,2,9,28-30H2,1H3;3-7H,1H2,2H3;3-5H,1H2,2H3;1-2H3;1-2H/b;6-4-,7-5-;5-4-;;. The Labute approximate surface area is 386 Å². The van der Waals surface area contributed by atoms with E-state index in [1.165, 1.54) is 61.6 Å². The smallest absolute Gasteiger partial charge is 0.0418 e. The molecule has 0 bridgehead atoms. The lowest BCUT2D eigenvalue weighted by Crippen LogP contribution is -2.07. The van der Waals surface area contributed by atoms with Crippen molar-refractivity contribution in [2.45, 2.75) is 66.7 Å². The van der Waals surface area contributed by atoms with Crippen molar-refractivity contribution in [1.29, 1.82) is 0 Å². The molecule has 0 saturated heterocycles. The monoisotopic (exact) mass is 842 g/mol. The van der Waals surface area contributed by atoms with Gasteiger partial charge in [0.25, 0.3) is 0 Å². The number of benzene rings is 2. The van der Waals surface area contributed by atoms with E-state index in [4.69, 9.17) is 0 Å². The lowest BCUT2D eigenvalue weighted by atomic mass is 9.87. The van der Waals surface area contributed by atoms with Gasteiger partial charge in [-0.1, -0.05) is 197 Å². The summed E-state index contributed by atoms with van der Waals surface area (Å²) >= 11 is 0. The molecule has 0 radical (unpaired) electrons. The predicted molar refractivity (Wildman–Crippen MR) is 280 cm³/mol. The van der Waals surface area contributed by atoms with Gasteiger partial charge in [-0.25, -0.2) is 0 Å². The molecule has 0 spiro atoms. The van der Waals surface area contributed by atoms with Crippen molar-refractivity contribution in [1.82, 2.24) is 14.5 Å². The van der Waals surface area contributed by atoms with E-state index in [1.807, 2.05) is 101 Å². The van der Waals surface area contributed by atoms with E-state index in [9.17, 15) is 0 Å². The van der Waals surface area contributed by atoms with Crippen LogP contribution in [0.15, 0.2) is 243 Å². The number of rotatable bonds is 13. The maximum absolute atomic E-state index is 4.38. The van der Waals surface area contributed by atoms with Gasteiger partial charge in [0, 0.05) is 60.6 Å². The summed E-state index contributed by atoms with van der Waals surface area (Å²) in [4.78, 5) is 8.76. The van der Waals surface area contributed by atoms with Crippen LogP contribution in [0.25, 0.3) is 11.3 Å². The zero-order chi connectivity index (χ0) is 46.2. The Morgan fingerprint density at radius 2 is 1.22 bits per heavy atom. The largest absolute Gasteiger partial charge is 0.318 e. The number of hydrogen-bond donors (Lipinski definition) is 0. The summed E-state index contributed by atoms with van der Waals surface area (Å²) in [5, 5.41) is 0. The summed E-state index contributed by atoms with van der Waals surface area (Å²) in [6.07, 6.45) is 51.8. The second kappa shape index (κ2) is 30.7. The molecule has 0 N–H and O–H groups in total. The Morgan fingerprint density at radius 3 is 1.73 bits per heavy atom. The minimum Gasteiger partial charge on any atom is -0.318 e. The highest BCUT2D eigenvalue weighted by Crippen LogP contribution is 2.37. The molecule has 0 saturated carbocycles. The van der Waals surface area contributed by atoms with Crippen LogP contribution < -0.4 is 0 Å². The van der Waals surface area contributed by atoms with E-state index in [0.29, 0.717) is 0 Å². The Morgan fingerprint density at radius 1 is 0.641 bits per heavy atom. The lowest BCUT2D eigenvalue weighted by Gasteiger charge is -2.18. The molecule has 2 aliphatic carbocycles. The number of terminal acetylenes is 1. The Bertz CT molecular complexity index is 2370. The summed E-state index contributed by atoms with van der Waals surface area (Å²) in [6.45, 7) is 17.2. The van der Waals surface area contributed by atoms with Gasteiger partial charge < -0.3 is 4.57 Å². The zero-order valence-electron chi connectivity index (χ0n) is 38.7. The maximum atomic E-state index is 4.38. The molecule has 64 heavy (non-hydrogen) atoms. The average molecular weight is 842 g/mol. The van der Waals surface area contributed by atoms with E-state index >= 15 is 0 Å². The molecule has 3 nitrogen and oxygen atoms in total. The summed E-state index contributed by atoms with van der Waals surface area (Å²) in [6, 6.07) is 34.6. The van der Waals surface area contributed by atoms with Crippen molar-refractivity contribution < 1.29 is 0 Å². The molecule has 0 aliphatic heterocycles. The van der Waals surface area contributed by atoms with Crippen LogP contribution in [-0.2, 0) is 19.3 Å². The molecule has 5 aromatic rings. The van der Waals surface area contributed by atoms with Crippen molar-refractivity contribution >= 4 is 11.3 Å². The minimum absolute atomic E-state index is 0.209. The molecular weight excluding hydrogens is 775 g/mol. The third-order valence-electron chi connectivity index (χ3n) is 10.2. The van der Waals surface area contributed by atoms with E-state index in [1.54, 1.807) is 12.2 Å². The van der Waals surface area contributed by atoms with Gasteiger partial charge in [0.05, 0.1) is 0 Å². The number of pyridine rings is 2. The number of allylic oxidation sites excluding steroid dienone is 20. The van der Waals surface area contributed by atoms with Gasteiger partial charge in [-0.3, -0.25) is 9.97 Å². The normalized spacial score (nSPS) is 14.2. The van der Waals surface area contributed by atoms with E-state index in [-0.39, 0.29) is 5.92 Å². The predicted octanol–water partition coefficient (Wildman–Crippen LogP) is 15.7. The fourth-order valence-electron chi connectivity index (χ4n) is 7.27. The van der Waals surface area contributed by atoms with Crippen molar-refractivity contribution in [3.8, 4) is 12.8 Å². The van der Waals surface area contributed by atoms with Crippen LogP contribution in [0.4, 0.5) is 0 Å². The Hall–Kier alpha value is -7.28. The highest BCUT2D eigenvalue weighted by molar-refractivity contribution is 5.81. The van der Waals surface area contributed by atoms with Gasteiger partial charge in [0.2, 0.25) is 0 Å². The second-order valence-electron chi connectivity index (χ2n) is 14.4. The minimum atomic E-state index is 0.209. The van der Waals surface area contributed by atoms with Gasteiger partial charge >= 0.3 is 0 Å². The van der Waals surface area contributed by atoms with Gasteiger partial charge in [0.15, 0.2) is 0 Å². The average Bonchev–Trinajstić information content (AvgIpc) is 3.47. The molecule has 1 atom stereocenters. The van der Waals surface area contributed by atoms with Gasteiger partial charge in [-0.15, -0.1) is 12.8 Å². The summed E-state index contributed by atoms with van der Waals surface area (Å²) in [5.41, 5.74) is 14.2. The van der Waals surface area contributed by atoms with Gasteiger partial charge in [-0.05, 0) is 102 Å². The highest BCUT2D eigenvalue weighted by Gasteiger charge is 2.21. The first-order valence-electron chi connectivity index (χ1n) is 22.3. The maximum Gasteiger partial charge on any atom is 0.0418 e.